The largest absolute Gasteiger partial charge is 0.457 e. The summed E-state index contributed by atoms with van der Waals surface area (Å²) in [6, 6.07) is 49.0. The molecule has 5 heteroatoms. The lowest BCUT2D eigenvalue weighted by molar-refractivity contribution is 0.0204. The van der Waals surface area contributed by atoms with Crippen LogP contribution in [0.1, 0.15) is 85.3 Å². The van der Waals surface area contributed by atoms with E-state index in [1.165, 1.54) is 22.3 Å². The first-order valence-electron chi connectivity index (χ1n) is 20.3. The van der Waals surface area contributed by atoms with Crippen molar-refractivity contribution in [1.82, 2.24) is 0 Å². The second-order valence-electron chi connectivity index (χ2n) is 14.9. The highest BCUT2D eigenvalue weighted by atomic mass is 16.6. The van der Waals surface area contributed by atoms with Gasteiger partial charge in [-0.2, -0.15) is 0 Å². The van der Waals surface area contributed by atoms with Crippen molar-refractivity contribution >= 4 is 34.4 Å². The van der Waals surface area contributed by atoms with Gasteiger partial charge in [0.2, 0.25) is 0 Å². The Kier molecular flexibility index (Phi) is 10.3. The summed E-state index contributed by atoms with van der Waals surface area (Å²) in [5.41, 5.74) is 13.0. The summed E-state index contributed by atoms with van der Waals surface area (Å²) >= 11 is 0. The van der Waals surface area contributed by atoms with E-state index in [2.05, 4.69) is 166 Å². The summed E-state index contributed by atoms with van der Waals surface area (Å²) < 4.78 is 13.6. The van der Waals surface area contributed by atoms with E-state index in [4.69, 9.17) is 9.47 Å². The van der Waals surface area contributed by atoms with Crippen LogP contribution in [0.5, 0.6) is 5.75 Å². The van der Waals surface area contributed by atoms with Gasteiger partial charge in [-0.3, -0.25) is 0 Å². The Morgan fingerprint density at radius 1 is 0.579 bits per heavy atom. The molecule has 1 atom stereocenters. The van der Waals surface area contributed by atoms with Gasteiger partial charge in [-0.05, 0) is 129 Å². The van der Waals surface area contributed by atoms with Gasteiger partial charge >= 0.3 is 5.97 Å². The van der Waals surface area contributed by atoms with E-state index < -0.39 is 5.60 Å². The van der Waals surface area contributed by atoms with Crippen LogP contribution in [0, 0.1) is 0 Å². The number of aryl methyl sites for hydroxylation is 4. The molecule has 0 amide bonds. The molecule has 5 nitrogen and oxygen atoms in total. The number of hydrogen-bond donors (Lipinski definition) is 0. The maximum Gasteiger partial charge on any atom is 0.340 e. The summed E-state index contributed by atoms with van der Waals surface area (Å²) in [7, 11) is 0. The molecule has 6 aromatic carbocycles. The molecule has 286 valence electrons. The lowest BCUT2D eigenvalue weighted by atomic mass is 9.77. The average Bonchev–Trinajstić information content (AvgIpc) is 3.56. The van der Waals surface area contributed by atoms with Crippen LogP contribution in [0.2, 0.25) is 0 Å². The molecular formula is C52H50N2O3. The molecule has 0 aliphatic carbocycles. The molecule has 1 spiro atoms. The van der Waals surface area contributed by atoms with Gasteiger partial charge in [0.05, 0.1) is 5.56 Å². The van der Waals surface area contributed by atoms with Gasteiger partial charge in [-0.1, -0.05) is 94.4 Å². The third kappa shape index (κ3) is 6.82. The van der Waals surface area contributed by atoms with E-state index in [-0.39, 0.29) is 5.97 Å². The molecule has 0 saturated heterocycles. The van der Waals surface area contributed by atoms with E-state index in [1.807, 2.05) is 31.2 Å². The maximum absolute atomic E-state index is 13.7. The Hall–Kier alpha value is -6.33. The average molecular weight is 751 g/mol. The van der Waals surface area contributed by atoms with Crippen molar-refractivity contribution in [2.75, 3.05) is 9.80 Å². The van der Waals surface area contributed by atoms with Crippen LogP contribution in [-0.2, 0) is 36.0 Å². The Balaban J connectivity index is 1.30. The molecule has 8 rings (SSSR count). The number of esters is 1. The van der Waals surface area contributed by atoms with Crippen molar-refractivity contribution in [3.63, 3.8) is 0 Å². The van der Waals surface area contributed by atoms with Crippen molar-refractivity contribution in [3.05, 3.63) is 202 Å². The highest BCUT2D eigenvalue weighted by Crippen LogP contribution is 2.55. The molecule has 2 heterocycles. The van der Waals surface area contributed by atoms with Gasteiger partial charge in [0, 0.05) is 63.0 Å². The molecular weight excluding hydrogens is 701 g/mol. The molecule has 0 fully saturated rings. The first-order valence-corrected chi connectivity index (χ1v) is 20.3. The van der Waals surface area contributed by atoms with E-state index in [9.17, 15) is 4.79 Å². The number of benzene rings is 6. The number of allylic oxidation sites excluding steroid dienone is 2. The van der Waals surface area contributed by atoms with E-state index >= 15 is 0 Å². The normalized spacial score (nSPS) is 15.9. The molecule has 0 N–H and O–H groups in total. The highest BCUT2D eigenvalue weighted by molar-refractivity contribution is 5.97. The fourth-order valence-corrected chi connectivity index (χ4v) is 8.21. The molecule has 57 heavy (non-hydrogen) atoms. The zero-order chi connectivity index (χ0) is 39.7. The molecule has 6 aromatic rings. The van der Waals surface area contributed by atoms with Gasteiger partial charge in [0.15, 0.2) is 5.60 Å². The fraction of sp³-hybridized carbons (Fsp3) is 0.212. The standard InChI is InChI=1S/C52H50N2O3/c1-7-37-15-23-41(24-16-37)53(42-25-17-38(8-2)18-26-42)35(5)33-49-36(6)52(47-14-12-11-13-46(47)51(55)57-52)48-32-31-45(34-50(48)56-49)54(43-27-19-39(9-3)20-28-43)44-29-21-40(10-4)22-30-44/h11-34H,7-10H2,1-6H3/b35-33+. The quantitative estimate of drug-likeness (QED) is 0.123. The third-order valence-corrected chi connectivity index (χ3v) is 11.6. The number of carbonyl (C=O) groups is 1. The predicted molar refractivity (Wildman–Crippen MR) is 233 cm³/mol. The molecule has 0 bridgehead atoms. The van der Waals surface area contributed by atoms with Crippen molar-refractivity contribution in [2.24, 2.45) is 0 Å². The highest BCUT2D eigenvalue weighted by Gasteiger charge is 2.53. The van der Waals surface area contributed by atoms with Crippen molar-refractivity contribution in [2.45, 2.75) is 72.8 Å². The number of fused-ring (bicyclic) bond motifs is 4. The SMILES string of the molecule is CCc1ccc(N(/C(C)=C/C2=C(C)C3(OC(=O)c4ccccc43)c3ccc(N(c4ccc(CC)cc4)c4ccc(CC)cc4)cc3O2)c2ccc(CC)cc2)cc1. The fourth-order valence-electron chi connectivity index (χ4n) is 8.21. The molecule has 0 saturated carbocycles. The number of nitrogens with zero attached hydrogens (tertiary/aromatic N) is 2. The van der Waals surface area contributed by atoms with E-state index in [1.54, 1.807) is 0 Å². The first kappa shape index (κ1) is 37.6. The Morgan fingerprint density at radius 3 is 1.53 bits per heavy atom. The number of carbonyl (C=O) groups excluding carboxylic acids is 1. The zero-order valence-corrected chi connectivity index (χ0v) is 33.8. The molecule has 1 unspecified atom stereocenters. The molecule has 0 aromatic heterocycles. The van der Waals surface area contributed by atoms with Gasteiger partial charge in [0.25, 0.3) is 0 Å². The first-order chi connectivity index (χ1) is 27.8. The van der Waals surface area contributed by atoms with Crippen LogP contribution in [0.15, 0.2) is 163 Å². The second kappa shape index (κ2) is 15.7. The summed E-state index contributed by atoms with van der Waals surface area (Å²) in [6.45, 7) is 12.8. The van der Waals surface area contributed by atoms with Crippen molar-refractivity contribution < 1.29 is 14.3 Å². The van der Waals surface area contributed by atoms with Gasteiger partial charge in [-0.15, -0.1) is 0 Å². The van der Waals surface area contributed by atoms with E-state index in [0.717, 1.165) is 76.5 Å². The number of anilines is 5. The second-order valence-corrected chi connectivity index (χ2v) is 14.9. The molecule has 2 aliphatic rings. The van der Waals surface area contributed by atoms with Gasteiger partial charge < -0.3 is 19.3 Å². The van der Waals surface area contributed by atoms with Gasteiger partial charge in [0.1, 0.15) is 11.5 Å². The maximum atomic E-state index is 13.7. The smallest absolute Gasteiger partial charge is 0.340 e. The van der Waals surface area contributed by atoms with Crippen LogP contribution < -0.4 is 14.5 Å². The third-order valence-electron chi connectivity index (χ3n) is 11.6. The van der Waals surface area contributed by atoms with E-state index in [0.29, 0.717) is 17.1 Å². The van der Waals surface area contributed by atoms with Crippen LogP contribution in [0.25, 0.3) is 0 Å². The van der Waals surface area contributed by atoms with Crippen molar-refractivity contribution in [3.8, 4) is 5.75 Å². The van der Waals surface area contributed by atoms with Crippen LogP contribution in [-0.4, -0.2) is 5.97 Å². The lowest BCUT2D eigenvalue weighted by Crippen LogP contribution is -2.34. The molecule has 0 radical (unpaired) electrons. The Bertz CT molecular complexity index is 2380. The minimum atomic E-state index is -1.17. The Labute approximate surface area is 337 Å². The zero-order valence-electron chi connectivity index (χ0n) is 33.8. The minimum Gasteiger partial charge on any atom is -0.457 e. The van der Waals surface area contributed by atoms with Crippen LogP contribution in [0.4, 0.5) is 28.4 Å². The number of ether oxygens (including phenoxy) is 2. The molecule has 2 aliphatic heterocycles. The monoisotopic (exact) mass is 750 g/mol. The summed E-state index contributed by atoms with van der Waals surface area (Å²) in [5, 5.41) is 0. The number of hydrogen-bond acceptors (Lipinski definition) is 5. The summed E-state index contributed by atoms with van der Waals surface area (Å²) in [5.74, 6) is 0.922. The minimum absolute atomic E-state index is 0.343. The lowest BCUT2D eigenvalue weighted by Gasteiger charge is -2.38. The van der Waals surface area contributed by atoms with Crippen LogP contribution >= 0.6 is 0 Å². The van der Waals surface area contributed by atoms with Crippen molar-refractivity contribution in [1.29, 1.82) is 0 Å². The summed E-state index contributed by atoms with van der Waals surface area (Å²) in [6.07, 6.45) is 5.96. The van der Waals surface area contributed by atoms with Crippen LogP contribution in [0.3, 0.4) is 0 Å². The van der Waals surface area contributed by atoms with Gasteiger partial charge in [-0.25, -0.2) is 4.79 Å². The topological polar surface area (TPSA) is 42.0 Å². The predicted octanol–water partition coefficient (Wildman–Crippen LogP) is 13.2. The number of rotatable bonds is 11. The Morgan fingerprint density at radius 2 is 1.04 bits per heavy atom. The summed E-state index contributed by atoms with van der Waals surface area (Å²) in [4.78, 5) is 18.3.